The lowest BCUT2D eigenvalue weighted by Gasteiger charge is -2.40. The number of hydrogen-bond acceptors (Lipinski definition) is 5. The molecule has 1 saturated heterocycles. The molecule has 0 bridgehead atoms. The predicted octanol–water partition coefficient (Wildman–Crippen LogP) is -0.0858. The molecule has 5 heteroatoms. The summed E-state index contributed by atoms with van der Waals surface area (Å²) in [5, 5.41) is 17.4. The van der Waals surface area contributed by atoms with E-state index in [1.54, 1.807) is 0 Å². The van der Waals surface area contributed by atoms with Crippen molar-refractivity contribution in [3.8, 4) is 0 Å². The van der Waals surface area contributed by atoms with Crippen LogP contribution in [0.15, 0.2) is 12.2 Å². The van der Waals surface area contributed by atoms with Crippen molar-refractivity contribution in [3.05, 3.63) is 12.2 Å². The Balaban J connectivity index is 1.88. The summed E-state index contributed by atoms with van der Waals surface area (Å²) in [5.41, 5.74) is 5.25. The number of aliphatic hydroxyl groups excluding tert-OH is 1. The highest BCUT2D eigenvalue weighted by atomic mass is 16.3. The maximum Gasteiger partial charge on any atom is 0.0778 e. The van der Waals surface area contributed by atoms with Crippen LogP contribution in [0.2, 0.25) is 0 Å². The number of nitrogens with one attached hydrogen (secondary N) is 2. The molecule has 3 atom stereocenters. The second kappa shape index (κ2) is 7.70. The van der Waals surface area contributed by atoms with Crippen LogP contribution in [-0.2, 0) is 0 Å². The number of piperazine rings is 1. The summed E-state index contributed by atoms with van der Waals surface area (Å²) in [6, 6.07) is 0.552. The van der Waals surface area contributed by atoms with E-state index >= 15 is 0 Å². The van der Waals surface area contributed by atoms with Gasteiger partial charge in [-0.3, -0.25) is 4.90 Å². The van der Waals surface area contributed by atoms with Crippen molar-refractivity contribution in [2.75, 3.05) is 39.3 Å². The second-order valence-corrected chi connectivity index (χ2v) is 6.86. The third-order valence-electron chi connectivity index (χ3n) is 4.87. The van der Waals surface area contributed by atoms with E-state index in [9.17, 15) is 5.11 Å². The van der Waals surface area contributed by atoms with Crippen LogP contribution in [0.4, 0.5) is 0 Å². The molecule has 5 N–H and O–H groups in total. The molecule has 122 valence electrons. The highest BCUT2D eigenvalue weighted by Crippen LogP contribution is 2.28. The van der Waals surface area contributed by atoms with Gasteiger partial charge in [0.15, 0.2) is 0 Å². The standard InChI is InChI=1S/C16H32N4O/c1-16(2,19-8-7-17)15(21)13-3-5-14(6-4-13)20-11-9-18-10-12-20/h3,5,13-15,18-19,21H,4,6-12,17H2,1-2H3. The minimum Gasteiger partial charge on any atom is -0.391 e. The van der Waals surface area contributed by atoms with Crippen LogP contribution in [0.3, 0.4) is 0 Å². The first-order valence-electron chi connectivity index (χ1n) is 8.31. The first kappa shape index (κ1) is 16.9. The van der Waals surface area contributed by atoms with Crippen LogP contribution >= 0.6 is 0 Å². The van der Waals surface area contributed by atoms with Gasteiger partial charge in [-0.15, -0.1) is 0 Å². The van der Waals surface area contributed by atoms with Gasteiger partial charge in [0.1, 0.15) is 0 Å². The van der Waals surface area contributed by atoms with Crippen molar-refractivity contribution in [2.45, 2.75) is 44.4 Å². The quantitative estimate of drug-likeness (QED) is 0.516. The zero-order chi connectivity index (χ0) is 15.3. The molecule has 0 spiro atoms. The fourth-order valence-corrected chi connectivity index (χ4v) is 3.44. The van der Waals surface area contributed by atoms with E-state index in [2.05, 4.69) is 41.5 Å². The largest absolute Gasteiger partial charge is 0.391 e. The highest BCUT2D eigenvalue weighted by Gasteiger charge is 2.34. The molecule has 0 amide bonds. The van der Waals surface area contributed by atoms with Crippen LogP contribution < -0.4 is 16.4 Å². The van der Waals surface area contributed by atoms with E-state index in [1.807, 2.05) is 0 Å². The Morgan fingerprint density at radius 2 is 2.05 bits per heavy atom. The first-order chi connectivity index (χ1) is 10.0. The van der Waals surface area contributed by atoms with Gasteiger partial charge < -0.3 is 21.5 Å². The normalized spacial score (nSPS) is 29.5. The molecule has 5 nitrogen and oxygen atoms in total. The molecule has 1 aliphatic heterocycles. The number of nitrogens with two attached hydrogens (primary N) is 1. The van der Waals surface area contributed by atoms with Crippen LogP contribution in [0, 0.1) is 5.92 Å². The van der Waals surface area contributed by atoms with Crippen molar-refractivity contribution < 1.29 is 5.11 Å². The van der Waals surface area contributed by atoms with E-state index in [0.717, 1.165) is 45.6 Å². The zero-order valence-corrected chi connectivity index (χ0v) is 13.5. The summed E-state index contributed by atoms with van der Waals surface area (Å²) in [6.45, 7) is 9.90. The van der Waals surface area contributed by atoms with Crippen LogP contribution in [0.5, 0.6) is 0 Å². The van der Waals surface area contributed by atoms with E-state index in [-0.39, 0.29) is 17.6 Å². The van der Waals surface area contributed by atoms with Gasteiger partial charge in [-0.05, 0) is 26.7 Å². The van der Waals surface area contributed by atoms with Crippen molar-refractivity contribution in [3.63, 3.8) is 0 Å². The third kappa shape index (κ3) is 4.50. The molecule has 3 unspecified atom stereocenters. The Labute approximate surface area is 129 Å². The lowest BCUT2D eigenvalue weighted by molar-refractivity contribution is 0.0365. The zero-order valence-electron chi connectivity index (χ0n) is 13.5. The van der Waals surface area contributed by atoms with E-state index in [1.165, 1.54) is 0 Å². The molecule has 1 aliphatic carbocycles. The molecule has 0 aromatic carbocycles. The topological polar surface area (TPSA) is 73.5 Å². The van der Waals surface area contributed by atoms with Gasteiger partial charge in [0.05, 0.1) is 6.10 Å². The van der Waals surface area contributed by atoms with Crippen molar-refractivity contribution in [1.82, 2.24) is 15.5 Å². The Bertz CT molecular complexity index is 339. The number of nitrogens with zero attached hydrogens (tertiary/aromatic N) is 1. The van der Waals surface area contributed by atoms with E-state index in [0.29, 0.717) is 12.6 Å². The van der Waals surface area contributed by atoms with Gasteiger partial charge >= 0.3 is 0 Å². The molecule has 0 aromatic rings. The summed E-state index contributed by atoms with van der Waals surface area (Å²) in [7, 11) is 0. The molecule has 2 rings (SSSR count). The second-order valence-electron chi connectivity index (χ2n) is 6.86. The summed E-state index contributed by atoms with van der Waals surface area (Å²) in [4.78, 5) is 2.55. The van der Waals surface area contributed by atoms with Crippen LogP contribution in [-0.4, -0.2) is 67.0 Å². The van der Waals surface area contributed by atoms with Gasteiger partial charge in [0.25, 0.3) is 0 Å². The first-order valence-corrected chi connectivity index (χ1v) is 8.31. The molecule has 0 aromatic heterocycles. The molecular formula is C16H32N4O. The van der Waals surface area contributed by atoms with Gasteiger partial charge in [0.2, 0.25) is 0 Å². The Hall–Kier alpha value is -0.460. The van der Waals surface area contributed by atoms with Gasteiger partial charge in [-0.1, -0.05) is 12.2 Å². The lowest BCUT2D eigenvalue weighted by Crippen LogP contribution is -2.54. The number of aliphatic hydroxyl groups is 1. The van der Waals surface area contributed by atoms with E-state index < -0.39 is 0 Å². The summed E-state index contributed by atoms with van der Waals surface area (Å²) < 4.78 is 0. The molecule has 0 radical (unpaired) electrons. The lowest BCUT2D eigenvalue weighted by atomic mass is 9.80. The molecule has 0 saturated carbocycles. The number of rotatable bonds is 6. The third-order valence-corrected chi connectivity index (χ3v) is 4.87. The smallest absolute Gasteiger partial charge is 0.0778 e. The number of hydrogen-bond donors (Lipinski definition) is 4. The van der Waals surface area contributed by atoms with Crippen LogP contribution in [0.25, 0.3) is 0 Å². The molecular weight excluding hydrogens is 264 g/mol. The average molecular weight is 296 g/mol. The maximum atomic E-state index is 10.6. The van der Waals surface area contributed by atoms with Gasteiger partial charge in [-0.25, -0.2) is 0 Å². The average Bonchev–Trinajstić information content (AvgIpc) is 2.53. The van der Waals surface area contributed by atoms with Crippen molar-refractivity contribution >= 4 is 0 Å². The van der Waals surface area contributed by atoms with Crippen molar-refractivity contribution in [1.29, 1.82) is 0 Å². The Morgan fingerprint density at radius 3 is 2.62 bits per heavy atom. The van der Waals surface area contributed by atoms with E-state index in [4.69, 9.17) is 5.73 Å². The Morgan fingerprint density at radius 1 is 1.33 bits per heavy atom. The predicted molar refractivity (Wildman–Crippen MR) is 87.2 cm³/mol. The summed E-state index contributed by atoms with van der Waals surface area (Å²) in [6.07, 6.45) is 6.36. The Kier molecular flexibility index (Phi) is 6.20. The monoisotopic (exact) mass is 296 g/mol. The molecule has 1 fully saturated rings. The van der Waals surface area contributed by atoms with Gasteiger partial charge in [0, 0.05) is 56.8 Å². The molecule has 1 heterocycles. The molecule has 21 heavy (non-hydrogen) atoms. The fraction of sp³-hybridized carbons (Fsp3) is 0.875. The maximum absolute atomic E-state index is 10.6. The van der Waals surface area contributed by atoms with Crippen molar-refractivity contribution in [2.24, 2.45) is 11.7 Å². The highest BCUT2D eigenvalue weighted by molar-refractivity contribution is 5.07. The minimum atomic E-state index is -0.371. The minimum absolute atomic E-state index is 0.240. The molecule has 2 aliphatic rings. The SMILES string of the molecule is CC(C)(NCCN)C(O)C1C=CC(N2CCNCC2)CC1. The summed E-state index contributed by atoms with van der Waals surface area (Å²) >= 11 is 0. The summed E-state index contributed by atoms with van der Waals surface area (Å²) in [5.74, 6) is 0.240. The van der Waals surface area contributed by atoms with Crippen LogP contribution in [0.1, 0.15) is 26.7 Å². The van der Waals surface area contributed by atoms with Gasteiger partial charge in [-0.2, -0.15) is 0 Å². The fourth-order valence-electron chi connectivity index (χ4n) is 3.44.